The van der Waals surface area contributed by atoms with E-state index in [0.717, 1.165) is 42.7 Å². The Morgan fingerprint density at radius 2 is 2.05 bits per heavy atom. The highest BCUT2D eigenvalue weighted by molar-refractivity contribution is 5.99. The van der Waals surface area contributed by atoms with Crippen LogP contribution in [0.4, 0.5) is 5.69 Å². The number of nitrogens with one attached hydrogen (secondary N) is 2. The summed E-state index contributed by atoms with van der Waals surface area (Å²) >= 11 is 0. The van der Waals surface area contributed by atoms with Crippen molar-refractivity contribution >= 4 is 11.6 Å². The molecule has 0 saturated heterocycles. The Morgan fingerprint density at radius 1 is 1.30 bits per heavy atom. The molecule has 3 heteroatoms. The molecule has 3 nitrogen and oxygen atoms in total. The first kappa shape index (κ1) is 14.9. The second-order valence-electron chi connectivity index (χ2n) is 6.01. The second-order valence-corrected chi connectivity index (χ2v) is 6.01. The standard InChI is InChI=1S/C17H26N2O/c1-4-10-18-15-7-6-13(3)11-14(15)16(20)19-12-17(5-2)8-9-17/h6-7,11,18H,4-5,8-10,12H2,1-3H3,(H,19,20). The summed E-state index contributed by atoms with van der Waals surface area (Å²) in [5.41, 5.74) is 3.21. The van der Waals surface area contributed by atoms with Gasteiger partial charge in [0.25, 0.3) is 5.91 Å². The molecule has 0 aliphatic heterocycles. The van der Waals surface area contributed by atoms with Crippen molar-refractivity contribution in [3.8, 4) is 0 Å². The topological polar surface area (TPSA) is 41.1 Å². The molecule has 1 amide bonds. The van der Waals surface area contributed by atoms with Crippen molar-refractivity contribution in [2.45, 2.75) is 46.5 Å². The first-order valence-corrected chi connectivity index (χ1v) is 7.73. The average Bonchev–Trinajstić information content (AvgIpc) is 3.24. The SMILES string of the molecule is CCCNc1ccc(C)cc1C(=O)NCC1(CC)CC1. The zero-order valence-corrected chi connectivity index (χ0v) is 12.9. The van der Waals surface area contributed by atoms with E-state index in [4.69, 9.17) is 0 Å². The van der Waals surface area contributed by atoms with Crippen molar-refractivity contribution in [3.05, 3.63) is 29.3 Å². The number of benzene rings is 1. The van der Waals surface area contributed by atoms with E-state index in [9.17, 15) is 4.79 Å². The van der Waals surface area contributed by atoms with E-state index in [2.05, 4.69) is 24.5 Å². The molecule has 0 atom stereocenters. The molecule has 0 aromatic heterocycles. The van der Waals surface area contributed by atoms with Crippen LogP contribution in [0, 0.1) is 12.3 Å². The van der Waals surface area contributed by atoms with Gasteiger partial charge in [-0.1, -0.05) is 25.5 Å². The predicted octanol–water partition coefficient (Wildman–Crippen LogP) is 3.74. The number of anilines is 1. The third-order valence-electron chi connectivity index (χ3n) is 4.32. The Morgan fingerprint density at radius 3 is 2.65 bits per heavy atom. The monoisotopic (exact) mass is 274 g/mol. The fraction of sp³-hybridized carbons (Fsp3) is 0.588. The minimum atomic E-state index is 0.0482. The van der Waals surface area contributed by atoms with Crippen LogP contribution in [0.2, 0.25) is 0 Å². The molecule has 2 rings (SSSR count). The molecule has 110 valence electrons. The van der Waals surface area contributed by atoms with Crippen LogP contribution >= 0.6 is 0 Å². The lowest BCUT2D eigenvalue weighted by Crippen LogP contribution is -2.30. The number of carbonyl (C=O) groups excluding carboxylic acids is 1. The molecule has 1 aliphatic carbocycles. The fourth-order valence-electron chi connectivity index (χ4n) is 2.45. The number of aryl methyl sites for hydroxylation is 1. The van der Waals surface area contributed by atoms with Crippen molar-refractivity contribution in [1.29, 1.82) is 0 Å². The summed E-state index contributed by atoms with van der Waals surface area (Å²) in [6.45, 7) is 8.06. The Hall–Kier alpha value is -1.51. The van der Waals surface area contributed by atoms with Crippen LogP contribution in [0.5, 0.6) is 0 Å². The van der Waals surface area contributed by atoms with Gasteiger partial charge in [-0.25, -0.2) is 0 Å². The zero-order valence-electron chi connectivity index (χ0n) is 12.9. The van der Waals surface area contributed by atoms with Crippen molar-refractivity contribution in [1.82, 2.24) is 5.32 Å². The molecule has 1 aromatic rings. The van der Waals surface area contributed by atoms with Crippen LogP contribution in [-0.2, 0) is 0 Å². The minimum absolute atomic E-state index is 0.0482. The number of hydrogen-bond donors (Lipinski definition) is 2. The molecule has 0 heterocycles. The Bertz CT molecular complexity index is 478. The van der Waals surface area contributed by atoms with Crippen LogP contribution in [-0.4, -0.2) is 19.0 Å². The highest BCUT2D eigenvalue weighted by Crippen LogP contribution is 2.47. The summed E-state index contributed by atoms with van der Waals surface area (Å²) in [6, 6.07) is 6.02. The zero-order chi connectivity index (χ0) is 14.6. The van der Waals surface area contributed by atoms with Gasteiger partial charge in [0.05, 0.1) is 5.56 Å². The van der Waals surface area contributed by atoms with Crippen LogP contribution < -0.4 is 10.6 Å². The summed E-state index contributed by atoms with van der Waals surface area (Å²) in [6.07, 6.45) is 4.70. The summed E-state index contributed by atoms with van der Waals surface area (Å²) in [4.78, 5) is 12.4. The first-order valence-electron chi connectivity index (χ1n) is 7.73. The predicted molar refractivity (Wildman–Crippen MR) is 84.3 cm³/mol. The maximum Gasteiger partial charge on any atom is 0.253 e. The lowest BCUT2D eigenvalue weighted by Gasteiger charge is -2.16. The molecule has 1 aromatic carbocycles. The quantitative estimate of drug-likeness (QED) is 0.795. The fourth-order valence-corrected chi connectivity index (χ4v) is 2.45. The first-order chi connectivity index (χ1) is 9.60. The summed E-state index contributed by atoms with van der Waals surface area (Å²) in [5, 5.41) is 6.45. The molecule has 20 heavy (non-hydrogen) atoms. The van der Waals surface area contributed by atoms with E-state index < -0.39 is 0 Å². The van der Waals surface area contributed by atoms with Crippen molar-refractivity contribution in [2.24, 2.45) is 5.41 Å². The highest BCUT2D eigenvalue weighted by Gasteiger charge is 2.40. The number of rotatable bonds is 7. The van der Waals surface area contributed by atoms with Crippen molar-refractivity contribution in [2.75, 3.05) is 18.4 Å². The van der Waals surface area contributed by atoms with Gasteiger partial charge in [-0.3, -0.25) is 4.79 Å². The van der Waals surface area contributed by atoms with Gasteiger partial charge in [0.1, 0.15) is 0 Å². The maximum atomic E-state index is 12.4. The number of hydrogen-bond acceptors (Lipinski definition) is 2. The molecule has 1 fully saturated rings. The van der Waals surface area contributed by atoms with E-state index in [1.54, 1.807) is 0 Å². The average molecular weight is 274 g/mol. The Labute approximate surface area is 122 Å². The number of carbonyl (C=O) groups is 1. The largest absolute Gasteiger partial charge is 0.384 e. The van der Waals surface area contributed by atoms with Gasteiger partial charge >= 0.3 is 0 Å². The van der Waals surface area contributed by atoms with Gasteiger partial charge in [-0.2, -0.15) is 0 Å². The smallest absolute Gasteiger partial charge is 0.253 e. The van der Waals surface area contributed by atoms with Crippen molar-refractivity contribution < 1.29 is 4.79 Å². The third-order valence-corrected chi connectivity index (χ3v) is 4.32. The third kappa shape index (κ3) is 3.53. The van der Waals surface area contributed by atoms with Gasteiger partial charge in [0.2, 0.25) is 0 Å². The second kappa shape index (κ2) is 6.29. The normalized spacial score (nSPS) is 15.8. The van der Waals surface area contributed by atoms with Crippen LogP contribution in [0.25, 0.3) is 0 Å². The molecule has 0 bridgehead atoms. The van der Waals surface area contributed by atoms with Crippen LogP contribution in [0.3, 0.4) is 0 Å². The van der Waals surface area contributed by atoms with E-state index in [1.165, 1.54) is 12.8 Å². The van der Waals surface area contributed by atoms with Gasteiger partial charge in [-0.05, 0) is 50.2 Å². The van der Waals surface area contributed by atoms with Crippen molar-refractivity contribution in [3.63, 3.8) is 0 Å². The Balaban J connectivity index is 2.05. The molecular formula is C17H26N2O. The maximum absolute atomic E-state index is 12.4. The molecule has 1 saturated carbocycles. The van der Waals surface area contributed by atoms with E-state index in [-0.39, 0.29) is 5.91 Å². The molecule has 0 spiro atoms. The molecule has 2 N–H and O–H groups in total. The summed E-state index contributed by atoms with van der Waals surface area (Å²) in [5.74, 6) is 0.0482. The van der Waals surface area contributed by atoms with Gasteiger partial charge < -0.3 is 10.6 Å². The van der Waals surface area contributed by atoms with Gasteiger partial charge in [0, 0.05) is 18.8 Å². The van der Waals surface area contributed by atoms with E-state index in [1.807, 2.05) is 25.1 Å². The molecular weight excluding hydrogens is 248 g/mol. The van der Waals surface area contributed by atoms with Crippen LogP contribution in [0.15, 0.2) is 18.2 Å². The highest BCUT2D eigenvalue weighted by atomic mass is 16.1. The van der Waals surface area contributed by atoms with Gasteiger partial charge in [0.15, 0.2) is 0 Å². The summed E-state index contributed by atoms with van der Waals surface area (Å²) < 4.78 is 0. The molecule has 1 aliphatic rings. The lowest BCUT2D eigenvalue weighted by atomic mass is 10.0. The Kier molecular flexibility index (Phi) is 4.69. The van der Waals surface area contributed by atoms with Gasteiger partial charge in [-0.15, -0.1) is 0 Å². The molecule has 0 unspecified atom stereocenters. The lowest BCUT2D eigenvalue weighted by molar-refractivity contribution is 0.0945. The minimum Gasteiger partial charge on any atom is -0.384 e. The number of amides is 1. The van der Waals surface area contributed by atoms with E-state index >= 15 is 0 Å². The summed E-state index contributed by atoms with van der Waals surface area (Å²) in [7, 11) is 0. The van der Waals surface area contributed by atoms with Crippen LogP contribution in [0.1, 0.15) is 55.5 Å². The molecule has 0 radical (unpaired) electrons. The van der Waals surface area contributed by atoms with E-state index in [0.29, 0.717) is 5.41 Å².